The van der Waals surface area contributed by atoms with Crippen LogP contribution in [0.3, 0.4) is 0 Å². The predicted molar refractivity (Wildman–Crippen MR) is 153 cm³/mol. The van der Waals surface area contributed by atoms with E-state index < -0.39 is 16.1 Å². The van der Waals surface area contributed by atoms with Crippen LogP contribution < -0.4 is 14.4 Å². The second-order valence-corrected chi connectivity index (χ2v) is 11.4. The second kappa shape index (κ2) is 15.4. The summed E-state index contributed by atoms with van der Waals surface area (Å²) in [4.78, 5) is 28.2. The molecule has 2 aromatic rings. The zero-order valence-electron chi connectivity index (χ0n) is 23.4. The lowest BCUT2D eigenvalue weighted by Gasteiger charge is -2.31. The quantitative estimate of drug-likeness (QED) is 0.310. The molecule has 2 aromatic carbocycles. The van der Waals surface area contributed by atoms with E-state index in [0.29, 0.717) is 44.0 Å². The van der Waals surface area contributed by atoms with E-state index in [-0.39, 0.29) is 24.8 Å². The summed E-state index contributed by atoms with van der Waals surface area (Å²) in [5.74, 6) is 0.327. The number of carbonyl (C=O) groups excluding carboxylic acids is 2. The van der Waals surface area contributed by atoms with Gasteiger partial charge in [-0.1, -0.05) is 50.1 Å². The van der Waals surface area contributed by atoms with E-state index in [4.69, 9.17) is 4.74 Å². The average molecular weight is 546 g/mol. The van der Waals surface area contributed by atoms with E-state index in [1.54, 1.807) is 29.2 Å². The molecule has 2 rings (SSSR count). The molecule has 210 valence electrons. The van der Waals surface area contributed by atoms with Crippen LogP contribution in [0.1, 0.15) is 64.0 Å². The average Bonchev–Trinajstić information content (AvgIpc) is 2.86. The zero-order valence-corrected chi connectivity index (χ0v) is 24.2. The van der Waals surface area contributed by atoms with Crippen molar-refractivity contribution in [2.24, 2.45) is 0 Å². The van der Waals surface area contributed by atoms with Gasteiger partial charge in [0.05, 0.1) is 18.6 Å². The Kier molecular flexibility index (Phi) is 12.6. The number of nitrogens with zero attached hydrogens (tertiary/aromatic N) is 2. The molecule has 0 aromatic heterocycles. The van der Waals surface area contributed by atoms with E-state index in [2.05, 4.69) is 12.2 Å². The lowest BCUT2D eigenvalue weighted by molar-refractivity contribution is -0.141. The summed E-state index contributed by atoms with van der Waals surface area (Å²) in [6.45, 7) is 9.39. The Labute approximate surface area is 228 Å². The van der Waals surface area contributed by atoms with Gasteiger partial charge in [-0.3, -0.25) is 13.9 Å². The third kappa shape index (κ3) is 9.67. The van der Waals surface area contributed by atoms with Gasteiger partial charge in [0.25, 0.3) is 0 Å². The number of anilines is 1. The second-order valence-electron chi connectivity index (χ2n) is 9.44. The van der Waals surface area contributed by atoms with Crippen LogP contribution in [-0.2, 0) is 26.2 Å². The van der Waals surface area contributed by atoms with E-state index in [0.717, 1.165) is 30.2 Å². The topological polar surface area (TPSA) is 96.0 Å². The van der Waals surface area contributed by atoms with Gasteiger partial charge in [-0.15, -0.1) is 0 Å². The fourth-order valence-electron chi connectivity index (χ4n) is 4.31. The number of nitrogens with one attached hydrogen (secondary N) is 1. The molecule has 9 heteroatoms. The molecule has 0 saturated heterocycles. The van der Waals surface area contributed by atoms with Crippen molar-refractivity contribution >= 4 is 27.5 Å². The van der Waals surface area contributed by atoms with Gasteiger partial charge in [0.1, 0.15) is 11.8 Å². The highest BCUT2D eigenvalue weighted by Gasteiger charge is 2.28. The highest BCUT2D eigenvalue weighted by molar-refractivity contribution is 7.92. The molecule has 8 nitrogen and oxygen atoms in total. The van der Waals surface area contributed by atoms with Crippen LogP contribution in [0.25, 0.3) is 0 Å². The minimum atomic E-state index is -3.56. The third-order valence-corrected chi connectivity index (χ3v) is 7.43. The number of ether oxygens (including phenoxy) is 1. The van der Waals surface area contributed by atoms with Crippen LogP contribution >= 0.6 is 0 Å². The summed E-state index contributed by atoms with van der Waals surface area (Å²) in [6, 6.07) is 14.2. The van der Waals surface area contributed by atoms with Crippen LogP contribution in [0.2, 0.25) is 0 Å². The number of rotatable bonds is 16. The summed E-state index contributed by atoms with van der Waals surface area (Å²) in [5, 5.41) is 2.97. The predicted octanol–water partition coefficient (Wildman–Crippen LogP) is 4.66. The first kappa shape index (κ1) is 31.1. The van der Waals surface area contributed by atoms with Crippen LogP contribution in [0.15, 0.2) is 48.5 Å². The maximum atomic E-state index is 13.5. The van der Waals surface area contributed by atoms with Crippen LogP contribution in [0.5, 0.6) is 5.75 Å². The minimum Gasteiger partial charge on any atom is -0.494 e. The van der Waals surface area contributed by atoms with Gasteiger partial charge in [0.15, 0.2) is 0 Å². The first-order valence-corrected chi connectivity index (χ1v) is 15.3. The van der Waals surface area contributed by atoms with Gasteiger partial charge in [0, 0.05) is 26.1 Å². The number of benzene rings is 2. The number of hydrogen-bond acceptors (Lipinski definition) is 5. The van der Waals surface area contributed by atoms with Gasteiger partial charge < -0.3 is 15.0 Å². The standard InChI is InChI=1S/C29H43N3O5S/c1-6-9-19-30-29(34)27(7-2)31(22-24-13-10-12-23(4)21-24)28(33)14-11-20-32(38(5,35)36)25-15-17-26(18-16-25)37-8-3/h10,12-13,15-18,21,27H,6-9,11,14,19-20,22H2,1-5H3,(H,30,34)/t27-/m0/s1. The lowest BCUT2D eigenvalue weighted by Crippen LogP contribution is -2.49. The number of unbranched alkanes of at least 4 members (excludes halogenated alkanes) is 1. The first-order chi connectivity index (χ1) is 18.1. The Hall–Kier alpha value is -3.07. The number of carbonyl (C=O) groups is 2. The summed E-state index contributed by atoms with van der Waals surface area (Å²) in [6.07, 6.45) is 3.92. The molecule has 0 spiro atoms. The summed E-state index contributed by atoms with van der Waals surface area (Å²) in [7, 11) is -3.56. The highest BCUT2D eigenvalue weighted by Crippen LogP contribution is 2.23. The van der Waals surface area contributed by atoms with Gasteiger partial charge in [-0.25, -0.2) is 8.42 Å². The smallest absolute Gasteiger partial charge is 0.242 e. The van der Waals surface area contributed by atoms with Gasteiger partial charge in [-0.2, -0.15) is 0 Å². The molecule has 0 fully saturated rings. The van der Waals surface area contributed by atoms with Crippen molar-refractivity contribution in [2.75, 3.05) is 30.3 Å². The van der Waals surface area contributed by atoms with Crippen LogP contribution in [0.4, 0.5) is 5.69 Å². The van der Waals surface area contributed by atoms with Crippen LogP contribution in [-0.4, -0.2) is 57.1 Å². The Morgan fingerprint density at radius 1 is 1.03 bits per heavy atom. The van der Waals surface area contributed by atoms with Gasteiger partial charge >= 0.3 is 0 Å². The van der Waals surface area contributed by atoms with Gasteiger partial charge in [0.2, 0.25) is 21.8 Å². The fraction of sp³-hybridized carbons (Fsp3) is 0.517. The lowest BCUT2D eigenvalue weighted by atomic mass is 10.1. The van der Waals surface area contributed by atoms with Crippen molar-refractivity contribution in [1.82, 2.24) is 10.2 Å². The summed E-state index contributed by atoms with van der Waals surface area (Å²) in [5.41, 5.74) is 2.54. The van der Waals surface area contributed by atoms with Crippen molar-refractivity contribution in [1.29, 1.82) is 0 Å². The summed E-state index contributed by atoms with van der Waals surface area (Å²) >= 11 is 0. The normalized spacial score (nSPS) is 12.0. The molecule has 0 aliphatic heterocycles. The van der Waals surface area contributed by atoms with E-state index in [1.807, 2.05) is 45.0 Å². The van der Waals surface area contributed by atoms with Crippen molar-refractivity contribution in [2.45, 2.75) is 72.4 Å². The van der Waals surface area contributed by atoms with E-state index >= 15 is 0 Å². The Bertz CT molecular complexity index is 1140. The van der Waals surface area contributed by atoms with Crippen LogP contribution in [0, 0.1) is 6.92 Å². The first-order valence-electron chi connectivity index (χ1n) is 13.4. The number of amides is 2. The minimum absolute atomic E-state index is 0.119. The van der Waals surface area contributed by atoms with Crippen molar-refractivity contribution in [3.05, 3.63) is 59.7 Å². The fourth-order valence-corrected chi connectivity index (χ4v) is 5.28. The van der Waals surface area contributed by atoms with Crippen molar-refractivity contribution in [3.63, 3.8) is 0 Å². The SMILES string of the molecule is CCCCNC(=O)[C@H](CC)N(Cc1cccc(C)c1)C(=O)CCCN(c1ccc(OCC)cc1)S(C)(=O)=O. The Morgan fingerprint density at radius 3 is 2.32 bits per heavy atom. The highest BCUT2D eigenvalue weighted by atomic mass is 32.2. The largest absolute Gasteiger partial charge is 0.494 e. The van der Waals surface area contributed by atoms with Gasteiger partial charge in [-0.05, 0) is 62.9 Å². The molecule has 1 atom stereocenters. The molecule has 0 aliphatic carbocycles. The molecule has 0 radical (unpaired) electrons. The van der Waals surface area contributed by atoms with Crippen molar-refractivity contribution in [3.8, 4) is 5.75 Å². The van der Waals surface area contributed by atoms with E-state index in [1.165, 1.54) is 4.31 Å². The Balaban J connectivity index is 2.18. The molecule has 1 N–H and O–H groups in total. The molecule has 0 unspecified atom stereocenters. The number of hydrogen-bond donors (Lipinski definition) is 1. The third-order valence-electron chi connectivity index (χ3n) is 6.24. The maximum absolute atomic E-state index is 13.5. The molecule has 0 bridgehead atoms. The molecular formula is C29H43N3O5S. The molecule has 2 amide bonds. The monoisotopic (exact) mass is 545 g/mol. The molecule has 0 aliphatic rings. The number of aryl methyl sites for hydroxylation is 1. The molecule has 0 heterocycles. The zero-order chi connectivity index (χ0) is 28.1. The molecule has 0 saturated carbocycles. The number of sulfonamides is 1. The Morgan fingerprint density at radius 2 is 1.74 bits per heavy atom. The molecule has 38 heavy (non-hydrogen) atoms. The molecular weight excluding hydrogens is 502 g/mol. The van der Waals surface area contributed by atoms with Crippen molar-refractivity contribution < 1.29 is 22.7 Å². The summed E-state index contributed by atoms with van der Waals surface area (Å²) < 4.78 is 31.8. The van der Waals surface area contributed by atoms with E-state index in [9.17, 15) is 18.0 Å². The maximum Gasteiger partial charge on any atom is 0.242 e.